The standard InChI is InChI=1S/C16H19FN4OS/c1-21-15(11-4-2-3-5-11)19-20-16(21)23-10-14(22)18-13-8-6-12(17)7-9-13/h6-9,11H,2-5,10H2,1H3,(H,18,22). The second-order valence-electron chi connectivity index (χ2n) is 5.72. The fourth-order valence-electron chi connectivity index (χ4n) is 2.85. The quantitative estimate of drug-likeness (QED) is 0.852. The molecule has 0 atom stereocenters. The van der Waals surface area contributed by atoms with E-state index in [0.717, 1.165) is 11.0 Å². The average molecular weight is 334 g/mol. The van der Waals surface area contributed by atoms with Crippen molar-refractivity contribution in [3.63, 3.8) is 0 Å². The Morgan fingerprint density at radius 3 is 2.70 bits per heavy atom. The zero-order valence-corrected chi connectivity index (χ0v) is 13.8. The van der Waals surface area contributed by atoms with E-state index in [0.29, 0.717) is 11.6 Å². The summed E-state index contributed by atoms with van der Waals surface area (Å²) in [5, 5.41) is 12.0. The number of hydrogen-bond acceptors (Lipinski definition) is 4. The van der Waals surface area contributed by atoms with Gasteiger partial charge in [-0.15, -0.1) is 10.2 Å². The molecule has 5 nitrogen and oxygen atoms in total. The van der Waals surface area contributed by atoms with Gasteiger partial charge in [0.05, 0.1) is 5.75 Å². The third-order valence-corrected chi connectivity index (χ3v) is 5.07. The Kier molecular flexibility index (Phi) is 4.95. The van der Waals surface area contributed by atoms with Gasteiger partial charge < -0.3 is 9.88 Å². The Hall–Kier alpha value is -1.89. The number of thioether (sulfide) groups is 1. The fraction of sp³-hybridized carbons (Fsp3) is 0.438. The first-order valence-corrected chi connectivity index (χ1v) is 8.69. The van der Waals surface area contributed by atoms with Gasteiger partial charge in [0.1, 0.15) is 11.6 Å². The van der Waals surface area contributed by atoms with Crippen molar-refractivity contribution in [2.24, 2.45) is 7.05 Å². The van der Waals surface area contributed by atoms with Gasteiger partial charge in [0.2, 0.25) is 5.91 Å². The molecule has 0 bridgehead atoms. The molecule has 1 fully saturated rings. The topological polar surface area (TPSA) is 59.8 Å². The van der Waals surface area contributed by atoms with E-state index >= 15 is 0 Å². The highest BCUT2D eigenvalue weighted by atomic mass is 32.2. The predicted molar refractivity (Wildman–Crippen MR) is 88.0 cm³/mol. The summed E-state index contributed by atoms with van der Waals surface area (Å²) in [5.41, 5.74) is 0.585. The number of nitrogens with one attached hydrogen (secondary N) is 1. The smallest absolute Gasteiger partial charge is 0.234 e. The minimum Gasteiger partial charge on any atom is -0.325 e. The van der Waals surface area contributed by atoms with Gasteiger partial charge in [-0.25, -0.2) is 4.39 Å². The molecule has 2 aromatic rings. The molecule has 7 heteroatoms. The summed E-state index contributed by atoms with van der Waals surface area (Å²) < 4.78 is 14.8. The molecule has 0 aliphatic heterocycles. The van der Waals surface area contributed by atoms with Crippen molar-refractivity contribution < 1.29 is 9.18 Å². The summed E-state index contributed by atoms with van der Waals surface area (Å²) in [6, 6.07) is 5.72. The first kappa shape index (κ1) is 16.0. The molecular weight excluding hydrogens is 315 g/mol. The van der Waals surface area contributed by atoms with Crippen LogP contribution in [-0.2, 0) is 11.8 Å². The number of carbonyl (C=O) groups is 1. The van der Waals surface area contributed by atoms with E-state index in [1.54, 1.807) is 12.1 Å². The van der Waals surface area contributed by atoms with Crippen LogP contribution in [-0.4, -0.2) is 26.4 Å². The Morgan fingerprint density at radius 2 is 2.00 bits per heavy atom. The van der Waals surface area contributed by atoms with Crippen LogP contribution in [0.15, 0.2) is 29.4 Å². The van der Waals surface area contributed by atoms with Crippen LogP contribution in [0.1, 0.15) is 37.4 Å². The molecule has 23 heavy (non-hydrogen) atoms. The molecule has 1 saturated carbocycles. The second-order valence-corrected chi connectivity index (χ2v) is 6.67. The first-order chi connectivity index (χ1) is 11.1. The van der Waals surface area contributed by atoms with Crippen molar-refractivity contribution in [3.8, 4) is 0 Å². The highest BCUT2D eigenvalue weighted by Crippen LogP contribution is 2.33. The normalized spacial score (nSPS) is 15.0. The van der Waals surface area contributed by atoms with Crippen LogP contribution in [0.3, 0.4) is 0 Å². The van der Waals surface area contributed by atoms with Crippen LogP contribution in [0.4, 0.5) is 10.1 Å². The molecule has 1 aliphatic rings. The zero-order valence-electron chi connectivity index (χ0n) is 13.0. The van der Waals surface area contributed by atoms with E-state index in [1.807, 2.05) is 11.6 Å². The Bertz CT molecular complexity index is 680. The van der Waals surface area contributed by atoms with E-state index in [-0.39, 0.29) is 17.5 Å². The molecule has 0 radical (unpaired) electrons. The van der Waals surface area contributed by atoms with Gasteiger partial charge >= 0.3 is 0 Å². The van der Waals surface area contributed by atoms with Crippen molar-refractivity contribution in [1.29, 1.82) is 0 Å². The van der Waals surface area contributed by atoms with Crippen LogP contribution in [0, 0.1) is 5.82 Å². The van der Waals surface area contributed by atoms with Gasteiger partial charge in [-0.1, -0.05) is 24.6 Å². The molecule has 1 aliphatic carbocycles. The van der Waals surface area contributed by atoms with Gasteiger partial charge in [-0.05, 0) is 37.1 Å². The number of anilines is 1. The summed E-state index contributed by atoms with van der Waals surface area (Å²) >= 11 is 1.36. The average Bonchev–Trinajstić information content (AvgIpc) is 3.17. The SMILES string of the molecule is Cn1c(SCC(=O)Nc2ccc(F)cc2)nnc1C1CCCC1. The summed E-state index contributed by atoms with van der Waals surface area (Å²) in [5.74, 6) is 1.29. The number of halogens is 1. The van der Waals surface area contributed by atoms with Crippen LogP contribution in [0.25, 0.3) is 0 Å². The van der Waals surface area contributed by atoms with Crippen LogP contribution in [0.2, 0.25) is 0 Å². The maximum absolute atomic E-state index is 12.8. The van der Waals surface area contributed by atoms with Gasteiger partial charge in [0.25, 0.3) is 0 Å². The van der Waals surface area contributed by atoms with E-state index in [2.05, 4.69) is 15.5 Å². The molecule has 1 N–H and O–H groups in total. The van der Waals surface area contributed by atoms with Gasteiger partial charge in [-0.2, -0.15) is 0 Å². The fourth-order valence-corrected chi connectivity index (χ4v) is 3.57. The number of nitrogens with zero attached hydrogens (tertiary/aromatic N) is 3. The number of amides is 1. The first-order valence-electron chi connectivity index (χ1n) is 7.71. The molecule has 0 saturated heterocycles. The number of rotatable bonds is 5. The highest BCUT2D eigenvalue weighted by Gasteiger charge is 2.23. The van der Waals surface area contributed by atoms with Crippen molar-refractivity contribution >= 4 is 23.4 Å². The van der Waals surface area contributed by atoms with Gasteiger partial charge in [0, 0.05) is 18.7 Å². The number of benzene rings is 1. The lowest BCUT2D eigenvalue weighted by Crippen LogP contribution is -2.14. The van der Waals surface area contributed by atoms with Gasteiger partial charge in [0.15, 0.2) is 5.16 Å². The van der Waals surface area contributed by atoms with Crippen LogP contribution < -0.4 is 5.32 Å². The lowest BCUT2D eigenvalue weighted by Gasteiger charge is -2.09. The third kappa shape index (κ3) is 3.90. The zero-order chi connectivity index (χ0) is 16.2. The van der Waals surface area contributed by atoms with Crippen LogP contribution in [0.5, 0.6) is 0 Å². The Morgan fingerprint density at radius 1 is 1.30 bits per heavy atom. The predicted octanol–water partition coefficient (Wildman–Crippen LogP) is 3.34. The van der Waals surface area contributed by atoms with Gasteiger partial charge in [-0.3, -0.25) is 4.79 Å². The lowest BCUT2D eigenvalue weighted by molar-refractivity contribution is -0.113. The molecular formula is C16H19FN4OS. The third-order valence-electron chi connectivity index (χ3n) is 4.05. The minimum absolute atomic E-state index is 0.146. The summed E-state index contributed by atoms with van der Waals surface area (Å²) in [6.07, 6.45) is 4.84. The molecule has 3 rings (SSSR count). The maximum Gasteiger partial charge on any atom is 0.234 e. The summed E-state index contributed by atoms with van der Waals surface area (Å²) in [7, 11) is 1.95. The Labute approximate surface area is 138 Å². The molecule has 1 aromatic carbocycles. The minimum atomic E-state index is -0.323. The van der Waals surface area contributed by atoms with Crippen molar-refractivity contribution in [2.75, 3.05) is 11.1 Å². The molecule has 122 valence electrons. The summed E-state index contributed by atoms with van der Waals surface area (Å²) in [4.78, 5) is 12.0. The molecule has 1 amide bonds. The lowest BCUT2D eigenvalue weighted by atomic mass is 10.1. The van der Waals surface area contributed by atoms with E-state index in [4.69, 9.17) is 0 Å². The van der Waals surface area contributed by atoms with E-state index in [9.17, 15) is 9.18 Å². The van der Waals surface area contributed by atoms with Crippen molar-refractivity contribution in [3.05, 3.63) is 35.9 Å². The number of aromatic nitrogens is 3. The molecule has 0 spiro atoms. The molecule has 0 unspecified atom stereocenters. The monoisotopic (exact) mass is 334 g/mol. The van der Waals surface area contributed by atoms with Crippen molar-refractivity contribution in [2.45, 2.75) is 36.8 Å². The number of hydrogen-bond donors (Lipinski definition) is 1. The van der Waals surface area contributed by atoms with E-state index < -0.39 is 0 Å². The number of carbonyl (C=O) groups excluding carboxylic acids is 1. The summed E-state index contributed by atoms with van der Waals surface area (Å²) in [6.45, 7) is 0. The largest absolute Gasteiger partial charge is 0.325 e. The Balaban J connectivity index is 1.55. The maximum atomic E-state index is 12.8. The van der Waals surface area contributed by atoms with E-state index in [1.165, 1.54) is 49.6 Å². The molecule has 1 aromatic heterocycles. The van der Waals surface area contributed by atoms with Crippen molar-refractivity contribution in [1.82, 2.24) is 14.8 Å². The second kappa shape index (κ2) is 7.12. The van der Waals surface area contributed by atoms with Crippen LogP contribution >= 0.6 is 11.8 Å². The molecule has 1 heterocycles. The highest BCUT2D eigenvalue weighted by molar-refractivity contribution is 7.99.